The molecule has 4 rings (SSSR count). The summed E-state index contributed by atoms with van der Waals surface area (Å²) in [4.78, 5) is 11.8. The minimum Gasteiger partial charge on any atom is -0.493 e. The molecule has 7 nitrogen and oxygen atoms in total. The van der Waals surface area contributed by atoms with Crippen molar-refractivity contribution in [1.29, 1.82) is 0 Å². The van der Waals surface area contributed by atoms with E-state index in [-0.39, 0.29) is 40.2 Å². The number of hydrogen-bond donors (Lipinski definition) is 1. The number of aromatic nitrogens is 4. The van der Waals surface area contributed by atoms with Gasteiger partial charge in [-0.1, -0.05) is 0 Å². The number of amides is 1. The van der Waals surface area contributed by atoms with Gasteiger partial charge in [0.15, 0.2) is 17.4 Å². The fraction of sp³-hybridized carbons (Fsp3) is 0.312. The zero-order valence-electron chi connectivity index (χ0n) is 13.6. The molecule has 1 aliphatic rings. The van der Waals surface area contributed by atoms with Crippen LogP contribution in [0.2, 0.25) is 0 Å². The second kappa shape index (κ2) is 6.04. The average Bonchev–Trinajstić information content (AvgIpc) is 3.32. The number of carbonyl (C=O) groups excluding carboxylic acids is 1. The van der Waals surface area contributed by atoms with Gasteiger partial charge in [-0.3, -0.25) is 4.79 Å². The Morgan fingerprint density at radius 2 is 2.19 bits per heavy atom. The summed E-state index contributed by atoms with van der Waals surface area (Å²) in [5.74, 6) is -1.16. The largest absolute Gasteiger partial charge is 0.493 e. The molecular formula is C16H14F3N5O2. The Balaban J connectivity index is 1.77. The lowest BCUT2D eigenvalue weighted by Gasteiger charge is -2.08. The standard InChI is InChI=1S/C16H14F3N5O2/c1-26-11-7-20-24(16(18)19)13(11)9-4-5-23-10(6-9)12(17)14(22-23)21-15(25)8-2-3-8/h4-8,16H,2-3H2,1H3,(H,21,22,25). The first kappa shape index (κ1) is 16.4. The van der Waals surface area contributed by atoms with E-state index >= 15 is 0 Å². The number of nitrogens with zero attached hydrogens (tertiary/aromatic N) is 4. The molecule has 10 heteroatoms. The third-order valence-corrected chi connectivity index (χ3v) is 4.20. The van der Waals surface area contributed by atoms with E-state index in [0.29, 0.717) is 4.68 Å². The van der Waals surface area contributed by atoms with Gasteiger partial charge in [-0.15, -0.1) is 5.10 Å². The molecule has 0 saturated heterocycles. The number of ether oxygens (including phenoxy) is 1. The van der Waals surface area contributed by atoms with Crippen LogP contribution in [0.1, 0.15) is 19.4 Å². The number of hydrogen-bond acceptors (Lipinski definition) is 4. The van der Waals surface area contributed by atoms with Gasteiger partial charge >= 0.3 is 6.55 Å². The second-order valence-electron chi connectivity index (χ2n) is 5.96. The summed E-state index contributed by atoms with van der Waals surface area (Å²) in [5.41, 5.74) is 0.345. The van der Waals surface area contributed by atoms with Crippen LogP contribution >= 0.6 is 0 Å². The SMILES string of the molecule is COc1cnn(C(F)F)c1-c1ccn2nc(NC(=O)C3CC3)c(F)c2c1. The van der Waals surface area contributed by atoms with Crippen LogP contribution in [-0.4, -0.2) is 32.4 Å². The Hall–Kier alpha value is -3.04. The fourth-order valence-corrected chi connectivity index (χ4v) is 2.73. The lowest BCUT2D eigenvalue weighted by Crippen LogP contribution is -2.14. The molecular weight excluding hydrogens is 351 g/mol. The molecule has 1 saturated carbocycles. The summed E-state index contributed by atoms with van der Waals surface area (Å²) in [7, 11) is 1.33. The molecule has 0 spiro atoms. The number of fused-ring (bicyclic) bond motifs is 1. The van der Waals surface area contributed by atoms with Crippen LogP contribution in [0.5, 0.6) is 5.75 Å². The zero-order valence-corrected chi connectivity index (χ0v) is 13.6. The van der Waals surface area contributed by atoms with Crippen LogP contribution in [0.3, 0.4) is 0 Å². The number of rotatable bonds is 5. The number of nitrogens with one attached hydrogen (secondary N) is 1. The van der Waals surface area contributed by atoms with Gasteiger partial charge in [-0.2, -0.15) is 18.6 Å². The summed E-state index contributed by atoms with van der Waals surface area (Å²) in [6.45, 7) is -2.88. The summed E-state index contributed by atoms with van der Waals surface area (Å²) < 4.78 is 47.8. The quantitative estimate of drug-likeness (QED) is 0.754. The van der Waals surface area contributed by atoms with Gasteiger partial charge in [-0.25, -0.2) is 8.91 Å². The van der Waals surface area contributed by atoms with Crippen molar-refractivity contribution < 1.29 is 22.7 Å². The van der Waals surface area contributed by atoms with Crippen molar-refractivity contribution >= 4 is 17.2 Å². The third kappa shape index (κ3) is 2.67. The van der Waals surface area contributed by atoms with Crippen LogP contribution in [0.25, 0.3) is 16.8 Å². The van der Waals surface area contributed by atoms with Gasteiger partial charge in [0.25, 0.3) is 0 Å². The molecule has 26 heavy (non-hydrogen) atoms. The van der Waals surface area contributed by atoms with E-state index in [1.54, 1.807) is 0 Å². The summed E-state index contributed by atoms with van der Waals surface area (Å²) in [5, 5.41) is 10.1. The molecule has 136 valence electrons. The van der Waals surface area contributed by atoms with Crippen LogP contribution in [0.15, 0.2) is 24.5 Å². The molecule has 3 aromatic rings. The maximum atomic E-state index is 14.6. The number of anilines is 1. The van der Waals surface area contributed by atoms with Gasteiger partial charge in [-0.05, 0) is 25.0 Å². The van der Waals surface area contributed by atoms with Crippen LogP contribution in [0, 0.1) is 11.7 Å². The van der Waals surface area contributed by atoms with Gasteiger partial charge in [0.1, 0.15) is 11.2 Å². The minimum absolute atomic E-state index is 0.0224. The van der Waals surface area contributed by atoms with Crippen molar-refractivity contribution in [3.05, 3.63) is 30.3 Å². The maximum absolute atomic E-state index is 14.6. The zero-order chi connectivity index (χ0) is 18.4. The number of halogens is 3. The highest BCUT2D eigenvalue weighted by Gasteiger charge is 2.31. The first-order chi connectivity index (χ1) is 12.5. The molecule has 3 heterocycles. The van der Waals surface area contributed by atoms with Crippen LogP contribution < -0.4 is 10.1 Å². The van der Waals surface area contributed by atoms with Crippen LogP contribution in [0.4, 0.5) is 19.0 Å². The minimum atomic E-state index is -2.88. The number of pyridine rings is 1. The van der Waals surface area contributed by atoms with E-state index in [2.05, 4.69) is 15.5 Å². The lowest BCUT2D eigenvalue weighted by molar-refractivity contribution is -0.117. The number of alkyl halides is 2. The topological polar surface area (TPSA) is 73.5 Å². The summed E-state index contributed by atoms with van der Waals surface area (Å²) in [6.07, 6.45) is 4.15. The monoisotopic (exact) mass is 365 g/mol. The molecule has 3 aromatic heterocycles. The molecule has 1 N–H and O–H groups in total. The Bertz CT molecular complexity index is 993. The van der Waals surface area contributed by atoms with E-state index in [1.165, 1.54) is 36.2 Å². The van der Waals surface area contributed by atoms with Gasteiger partial charge < -0.3 is 10.1 Å². The molecule has 0 unspecified atom stereocenters. The van der Waals surface area contributed by atoms with Crippen molar-refractivity contribution in [2.24, 2.45) is 5.92 Å². The first-order valence-electron chi connectivity index (χ1n) is 7.88. The highest BCUT2D eigenvalue weighted by Crippen LogP contribution is 2.35. The predicted molar refractivity (Wildman–Crippen MR) is 85.5 cm³/mol. The van der Waals surface area contributed by atoms with Gasteiger partial charge in [0.2, 0.25) is 5.91 Å². The average molecular weight is 365 g/mol. The molecule has 0 aliphatic heterocycles. The van der Waals surface area contributed by atoms with E-state index in [1.807, 2.05) is 0 Å². The van der Waals surface area contributed by atoms with E-state index in [4.69, 9.17) is 4.74 Å². The third-order valence-electron chi connectivity index (χ3n) is 4.20. The van der Waals surface area contributed by atoms with Crippen molar-refractivity contribution in [3.8, 4) is 17.0 Å². The fourth-order valence-electron chi connectivity index (χ4n) is 2.73. The maximum Gasteiger partial charge on any atom is 0.333 e. The van der Waals surface area contributed by atoms with Crippen molar-refractivity contribution in [2.75, 3.05) is 12.4 Å². The first-order valence-corrected chi connectivity index (χ1v) is 7.88. The van der Waals surface area contributed by atoms with Crippen LogP contribution in [-0.2, 0) is 4.79 Å². The van der Waals surface area contributed by atoms with E-state index in [0.717, 1.165) is 12.8 Å². The second-order valence-corrected chi connectivity index (χ2v) is 5.96. The van der Waals surface area contributed by atoms with E-state index in [9.17, 15) is 18.0 Å². The highest BCUT2D eigenvalue weighted by molar-refractivity contribution is 5.94. The smallest absolute Gasteiger partial charge is 0.333 e. The Morgan fingerprint density at radius 3 is 2.85 bits per heavy atom. The van der Waals surface area contributed by atoms with Gasteiger partial charge in [0, 0.05) is 17.7 Å². The van der Waals surface area contributed by atoms with Crippen molar-refractivity contribution in [3.63, 3.8) is 0 Å². The predicted octanol–water partition coefficient (Wildman–Crippen LogP) is 3.09. The van der Waals surface area contributed by atoms with Crippen molar-refractivity contribution in [2.45, 2.75) is 19.4 Å². The Morgan fingerprint density at radius 1 is 1.42 bits per heavy atom. The normalized spacial score (nSPS) is 14.2. The molecule has 0 atom stereocenters. The lowest BCUT2D eigenvalue weighted by atomic mass is 10.1. The molecule has 1 amide bonds. The van der Waals surface area contributed by atoms with Crippen molar-refractivity contribution in [1.82, 2.24) is 19.4 Å². The Labute approximate surface area is 145 Å². The van der Waals surface area contributed by atoms with E-state index < -0.39 is 12.4 Å². The Kier molecular flexibility index (Phi) is 3.82. The molecule has 1 aliphatic carbocycles. The number of methoxy groups -OCH3 is 1. The highest BCUT2D eigenvalue weighted by atomic mass is 19.3. The summed E-state index contributed by atoms with van der Waals surface area (Å²) in [6, 6.07) is 2.85. The number of carbonyl (C=O) groups is 1. The molecule has 0 bridgehead atoms. The molecule has 0 radical (unpaired) electrons. The summed E-state index contributed by atoms with van der Waals surface area (Å²) >= 11 is 0. The van der Waals surface area contributed by atoms with Gasteiger partial charge in [0.05, 0.1) is 13.3 Å². The molecule has 0 aromatic carbocycles. The molecule has 1 fully saturated rings.